The Morgan fingerprint density at radius 1 is 1.35 bits per heavy atom. The number of nitrogens with two attached hydrogens (primary N) is 1. The Kier molecular flexibility index (Phi) is 4.90. The standard InChI is InChI=1S/C12H19N3O2/c1-9(2)10(7-13)8-14-11-3-5-12(6-4-11)15(16)17/h3-6,9-10,14H,7-8,13H2,1-2H3. The molecule has 5 heteroatoms. The molecule has 0 fully saturated rings. The van der Waals surface area contributed by atoms with Crippen molar-refractivity contribution in [3.05, 3.63) is 34.4 Å². The van der Waals surface area contributed by atoms with Crippen LogP contribution in [-0.2, 0) is 0 Å². The van der Waals surface area contributed by atoms with Gasteiger partial charge in [-0.05, 0) is 30.5 Å². The number of hydrogen-bond acceptors (Lipinski definition) is 4. The van der Waals surface area contributed by atoms with Gasteiger partial charge in [-0.2, -0.15) is 0 Å². The molecule has 0 radical (unpaired) electrons. The quantitative estimate of drug-likeness (QED) is 0.587. The van der Waals surface area contributed by atoms with Crippen LogP contribution in [0.25, 0.3) is 0 Å². The van der Waals surface area contributed by atoms with Crippen LogP contribution in [-0.4, -0.2) is 18.0 Å². The van der Waals surface area contributed by atoms with Crippen molar-refractivity contribution >= 4 is 11.4 Å². The summed E-state index contributed by atoms with van der Waals surface area (Å²) in [6.45, 7) is 5.69. The highest BCUT2D eigenvalue weighted by molar-refractivity contribution is 5.48. The molecule has 17 heavy (non-hydrogen) atoms. The van der Waals surface area contributed by atoms with E-state index in [1.54, 1.807) is 12.1 Å². The van der Waals surface area contributed by atoms with Crippen molar-refractivity contribution in [1.29, 1.82) is 0 Å². The first-order valence-electron chi connectivity index (χ1n) is 5.73. The molecule has 0 aliphatic rings. The molecule has 1 unspecified atom stereocenters. The summed E-state index contributed by atoms with van der Waals surface area (Å²) >= 11 is 0. The Morgan fingerprint density at radius 3 is 2.35 bits per heavy atom. The predicted octanol–water partition coefficient (Wildman–Crippen LogP) is 2.24. The predicted molar refractivity (Wildman–Crippen MR) is 69.0 cm³/mol. The summed E-state index contributed by atoms with van der Waals surface area (Å²) in [5, 5.41) is 13.7. The molecule has 3 N–H and O–H groups in total. The van der Waals surface area contributed by atoms with Crippen molar-refractivity contribution in [2.75, 3.05) is 18.4 Å². The number of hydrogen-bond donors (Lipinski definition) is 2. The average molecular weight is 237 g/mol. The van der Waals surface area contributed by atoms with Gasteiger partial charge in [-0.3, -0.25) is 10.1 Å². The van der Waals surface area contributed by atoms with E-state index in [2.05, 4.69) is 19.2 Å². The highest BCUT2D eigenvalue weighted by Gasteiger charge is 2.11. The van der Waals surface area contributed by atoms with Gasteiger partial charge in [0, 0.05) is 24.4 Å². The van der Waals surface area contributed by atoms with Gasteiger partial charge < -0.3 is 11.1 Å². The lowest BCUT2D eigenvalue weighted by molar-refractivity contribution is -0.384. The van der Waals surface area contributed by atoms with Gasteiger partial charge in [0.15, 0.2) is 0 Å². The van der Waals surface area contributed by atoms with Crippen LogP contribution in [0.15, 0.2) is 24.3 Å². The Bertz CT molecular complexity index is 363. The van der Waals surface area contributed by atoms with Crippen molar-refractivity contribution in [3.63, 3.8) is 0 Å². The molecule has 1 rings (SSSR count). The van der Waals surface area contributed by atoms with Crippen molar-refractivity contribution in [2.24, 2.45) is 17.6 Å². The fraction of sp³-hybridized carbons (Fsp3) is 0.500. The topological polar surface area (TPSA) is 81.2 Å². The summed E-state index contributed by atoms with van der Waals surface area (Å²) < 4.78 is 0. The summed E-state index contributed by atoms with van der Waals surface area (Å²) in [5.74, 6) is 0.927. The number of non-ortho nitro benzene ring substituents is 1. The second kappa shape index (κ2) is 6.20. The summed E-state index contributed by atoms with van der Waals surface area (Å²) in [6, 6.07) is 6.42. The highest BCUT2D eigenvalue weighted by Crippen LogP contribution is 2.16. The van der Waals surface area contributed by atoms with Gasteiger partial charge in [0.05, 0.1) is 4.92 Å². The molecule has 1 aromatic rings. The van der Waals surface area contributed by atoms with Crippen molar-refractivity contribution in [2.45, 2.75) is 13.8 Å². The van der Waals surface area contributed by atoms with Crippen LogP contribution in [0.4, 0.5) is 11.4 Å². The van der Waals surface area contributed by atoms with Gasteiger partial charge in [-0.25, -0.2) is 0 Å². The molecule has 0 saturated heterocycles. The van der Waals surface area contributed by atoms with E-state index in [0.717, 1.165) is 12.2 Å². The first-order valence-corrected chi connectivity index (χ1v) is 5.73. The lowest BCUT2D eigenvalue weighted by Crippen LogP contribution is -2.27. The number of rotatable bonds is 6. The molecule has 0 spiro atoms. The van der Waals surface area contributed by atoms with Gasteiger partial charge in [0.1, 0.15) is 0 Å². The van der Waals surface area contributed by atoms with Gasteiger partial charge in [0.25, 0.3) is 5.69 Å². The van der Waals surface area contributed by atoms with Crippen LogP contribution in [0, 0.1) is 22.0 Å². The molecule has 0 aliphatic carbocycles. The van der Waals surface area contributed by atoms with E-state index in [1.165, 1.54) is 12.1 Å². The van der Waals surface area contributed by atoms with Gasteiger partial charge in [0.2, 0.25) is 0 Å². The fourth-order valence-corrected chi connectivity index (χ4v) is 1.54. The summed E-state index contributed by atoms with van der Waals surface area (Å²) in [5.41, 5.74) is 6.66. The van der Waals surface area contributed by atoms with E-state index in [1.807, 2.05) is 0 Å². The number of nitro groups is 1. The molecule has 1 atom stereocenters. The Hall–Kier alpha value is -1.62. The molecule has 94 valence electrons. The minimum absolute atomic E-state index is 0.106. The molecular formula is C12H19N3O2. The molecular weight excluding hydrogens is 218 g/mol. The molecule has 0 heterocycles. The van der Waals surface area contributed by atoms with Crippen LogP contribution in [0.2, 0.25) is 0 Å². The summed E-state index contributed by atoms with van der Waals surface area (Å²) in [4.78, 5) is 10.1. The van der Waals surface area contributed by atoms with Gasteiger partial charge in [-0.15, -0.1) is 0 Å². The zero-order chi connectivity index (χ0) is 12.8. The highest BCUT2D eigenvalue weighted by atomic mass is 16.6. The third-order valence-electron chi connectivity index (χ3n) is 2.89. The first kappa shape index (κ1) is 13.4. The van der Waals surface area contributed by atoms with Crippen molar-refractivity contribution in [1.82, 2.24) is 0 Å². The number of nitro benzene ring substituents is 1. The van der Waals surface area contributed by atoms with Gasteiger partial charge in [-0.1, -0.05) is 13.8 Å². The molecule has 0 aliphatic heterocycles. The summed E-state index contributed by atoms with van der Waals surface area (Å²) in [7, 11) is 0. The third kappa shape index (κ3) is 4.03. The zero-order valence-electron chi connectivity index (χ0n) is 10.2. The zero-order valence-corrected chi connectivity index (χ0v) is 10.2. The monoisotopic (exact) mass is 237 g/mol. The lowest BCUT2D eigenvalue weighted by Gasteiger charge is -2.19. The van der Waals surface area contributed by atoms with Crippen molar-refractivity contribution < 1.29 is 4.92 Å². The smallest absolute Gasteiger partial charge is 0.269 e. The molecule has 5 nitrogen and oxygen atoms in total. The van der Waals surface area contributed by atoms with Crippen LogP contribution >= 0.6 is 0 Å². The third-order valence-corrected chi connectivity index (χ3v) is 2.89. The van der Waals surface area contributed by atoms with Crippen LogP contribution in [0.1, 0.15) is 13.8 Å². The SMILES string of the molecule is CC(C)C(CN)CNc1ccc([N+](=O)[O-])cc1. The molecule has 0 aromatic heterocycles. The minimum atomic E-state index is -0.402. The number of nitrogens with zero attached hydrogens (tertiary/aromatic N) is 1. The van der Waals surface area contributed by atoms with Crippen molar-refractivity contribution in [3.8, 4) is 0 Å². The maximum absolute atomic E-state index is 10.5. The lowest BCUT2D eigenvalue weighted by atomic mass is 9.96. The molecule has 0 saturated carbocycles. The number of benzene rings is 1. The van der Waals surface area contributed by atoms with E-state index < -0.39 is 4.92 Å². The second-order valence-electron chi connectivity index (χ2n) is 4.42. The molecule has 1 aromatic carbocycles. The van der Waals surface area contributed by atoms with Crippen LogP contribution < -0.4 is 11.1 Å². The van der Waals surface area contributed by atoms with E-state index in [9.17, 15) is 10.1 Å². The Morgan fingerprint density at radius 2 is 1.94 bits per heavy atom. The van der Waals surface area contributed by atoms with E-state index >= 15 is 0 Å². The normalized spacial score (nSPS) is 12.5. The van der Waals surface area contributed by atoms with Crippen LogP contribution in [0.3, 0.4) is 0 Å². The van der Waals surface area contributed by atoms with E-state index in [4.69, 9.17) is 5.73 Å². The average Bonchev–Trinajstić information content (AvgIpc) is 2.30. The largest absolute Gasteiger partial charge is 0.385 e. The maximum Gasteiger partial charge on any atom is 0.269 e. The maximum atomic E-state index is 10.5. The molecule has 0 bridgehead atoms. The van der Waals surface area contributed by atoms with E-state index in [-0.39, 0.29) is 5.69 Å². The summed E-state index contributed by atoms with van der Waals surface area (Å²) in [6.07, 6.45) is 0. The molecule has 0 amide bonds. The van der Waals surface area contributed by atoms with Gasteiger partial charge >= 0.3 is 0 Å². The number of nitrogens with one attached hydrogen (secondary N) is 1. The fourth-order valence-electron chi connectivity index (χ4n) is 1.54. The van der Waals surface area contributed by atoms with E-state index in [0.29, 0.717) is 18.4 Å². The first-order chi connectivity index (χ1) is 8.04. The Balaban J connectivity index is 2.55. The van der Waals surface area contributed by atoms with Crippen LogP contribution in [0.5, 0.6) is 0 Å². The second-order valence-corrected chi connectivity index (χ2v) is 4.42. The Labute approximate surface area is 101 Å². The minimum Gasteiger partial charge on any atom is -0.385 e. The number of anilines is 1.